The summed E-state index contributed by atoms with van der Waals surface area (Å²) in [7, 11) is -2.90. The Kier molecular flexibility index (Phi) is 6.08. The first-order chi connectivity index (χ1) is 8.44. The molecule has 0 aliphatic heterocycles. The minimum absolute atomic E-state index is 0.102. The summed E-state index contributed by atoms with van der Waals surface area (Å²) in [4.78, 5) is 10.8. The van der Waals surface area contributed by atoms with Gasteiger partial charge in [-0.1, -0.05) is 6.92 Å². The van der Waals surface area contributed by atoms with Gasteiger partial charge < -0.3 is 9.84 Å². The van der Waals surface area contributed by atoms with Gasteiger partial charge in [-0.25, -0.2) is 8.42 Å². The molecule has 5 nitrogen and oxygen atoms in total. The van der Waals surface area contributed by atoms with Gasteiger partial charge in [0.05, 0.1) is 17.8 Å². The lowest BCUT2D eigenvalue weighted by atomic mass is 9.87. The molecule has 0 saturated heterocycles. The Labute approximate surface area is 108 Å². The molecular formula is C12H22O5S. The molecule has 0 atom stereocenters. The minimum Gasteiger partial charge on any atom is -0.481 e. The molecule has 6 heteroatoms. The predicted molar refractivity (Wildman–Crippen MR) is 68.3 cm³/mol. The van der Waals surface area contributed by atoms with E-state index >= 15 is 0 Å². The van der Waals surface area contributed by atoms with Crippen LogP contribution < -0.4 is 0 Å². The van der Waals surface area contributed by atoms with Crippen molar-refractivity contribution in [3.8, 4) is 0 Å². The summed E-state index contributed by atoms with van der Waals surface area (Å²) in [5, 5.41) is 8.85. The van der Waals surface area contributed by atoms with Crippen LogP contribution in [0, 0.1) is 5.92 Å². The second-order valence-electron chi connectivity index (χ2n) is 4.77. The zero-order valence-corrected chi connectivity index (χ0v) is 11.6. The first-order valence-corrected chi connectivity index (χ1v) is 8.31. The molecule has 18 heavy (non-hydrogen) atoms. The number of hydrogen-bond donors (Lipinski definition) is 1. The van der Waals surface area contributed by atoms with E-state index in [-0.39, 0.29) is 23.5 Å². The van der Waals surface area contributed by atoms with Gasteiger partial charge in [-0.15, -0.1) is 0 Å². The van der Waals surface area contributed by atoms with Crippen molar-refractivity contribution < 1.29 is 23.1 Å². The topological polar surface area (TPSA) is 80.7 Å². The summed E-state index contributed by atoms with van der Waals surface area (Å²) in [6, 6.07) is 0. The maximum absolute atomic E-state index is 11.2. The van der Waals surface area contributed by atoms with Gasteiger partial charge in [0.2, 0.25) is 0 Å². The molecule has 0 spiro atoms. The Morgan fingerprint density at radius 3 is 2.39 bits per heavy atom. The maximum Gasteiger partial charge on any atom is 0.306 e. The molecule has 0 aromatic carbocycles. The number of carboxylic acids is 1. The van der Waals surface area contributed by atoms with Crippen molar-refractivity contribution >= 4 is 15.8 Å². The molecule has 106 valence electrons. The Morgan fingerprint density at radius 2 is 1.89 bits per heavy atom. The predicted octanol–water partition coefficient (Wildman–Crippen LogP) is 1.47. The molecule has 0 aromatic heterocycles. The summed E-state index contributed by atoms with van der Waals surface area (Å²) in [6.45, 7) is 2.09. The van der Waals surface area contributed by atoms with Crippen LogP contribution in [0.5, 0.6) is 0 Å². The van der Waals surface area contributed by atoms with Gasteiger partial charge in [0.1, 0.15) is 9.84 Å². The van der Waals surface area contributed by atoms with Crippen molar-refractivity contribution in [2.45, 2.75) is 45.1 Å². The number of hydrogen-bond acceptors (Lipinski definition) is 4. The van der Waals surface area contributed by atoms with Crippen molar-refractivity contribution in [3.05, 3.63) is 0 Å². The number of carbonyl (C=O) groups is 1. The fraction of sp³-hybridized carbons (Fsp3) is 0.917. The van der Waals surface area contributed by atoms with E-state index in [9.17, 15) is 13.2 Å². The van der Waals surface area contributed by atoms with E-state index in [1.54, 1.807) is 6.92 Å². The van der Waals surface area contributed by atoms with Gasteiger partial charge in [-0.3, -0.25) is 4.79 Å². The minimum atomic E-state index is -2.90. The molecule has 1 aliphatic carbocycles. The van der Waals surface area contributed by atoms with Gasteiger partial charge in [0.15, 0.2) is 0 Å². The van der Waals surface area contributed by atoms with Crippen LogP contribution in [-0.4, -0.2) is 43.7 Å². The maximum atomic E-state index is 11.2. The molecule has 0 unspecified atom stereocenters. The molecule has 0 bridgehead atoms. The number of carboxylic acid groups (broad SMARTS) is 1. The van der Waals surface area contributed by atoms with Crippen molar-refractivity contribution in [2.75, 3.05) is 18.1 Å². The lowest BCUT2D eigenvalue weighted by Crippen LogP contribution is -2.26. The van der Waals surface area contributed by atoms with E-state index in [0.29, 0.717) is 25.9 Å². The van der Waals surface area contributed by atoms with E-state index in [4.69, 9.17) is 9.84 Å². The Balaban J connectivity index is 2.13. The van der Waals surface area contributed by atoms with Crippen LogP contribution in [0.4, 0.5) is 0 Å². The highest BCUT2D eigenvalue weighted by Gasteiger charge is 2.26. The molecule has 0 amide bonds. The lowest BCUT2D eigenvalue weighted by molar-refractivity contribution is -0.143. The summed E-state index contributed by atoms with van der Waals surface area (Å²) in [5.41, 5.74) is 0. The van der Waals surface area contributed by atoms with E-state index in [1.165, 1.54) is 0 Å². The first-order valence-electron chi connectivity index (χ1n) is 6.49. The number of ether oxygens (including phenoxy) is 1. The lowest BCUT2D eigenvalue weighted by Gasteiger charge is -2.26. The van der Waals surface area contributed by atoms with Crippen molar-refractivity contribution in [3.63, 3.8) is 0 Å². The Hall–Kier alpha value is -0.620. The number of sulfone groups is 1. The van der Waals surface area contributed by atoms with Crippen LogP contribution in [0.3, 0.4) is 0 Å². The van der Waals surface area contributed by atoms with Crippen LogP contribution in [-0.2, 0) is 19.4 Å². The summed E-state index contributed by atoms with van der Waals surface area (Å²) >= 11 is 0. The average Bonchev–Trinajstić information content (AvgIpc) is 2.35. The number of aliphatic carboxylic acids is 1. The second-order valence-corrected chi connectivity index (χ2v) is 7.25. The molecule has 1 N–H and O–H groups in total. The highest BCUT2D eigenvalue weighted by atomic mass is 32.2. The molecule has 1 fully saturated rings. The molecule has 1 saturated carbocycles. The molecule has 1 aliphatic rings. The average molecular weight is 278 g/mol. The van der Waals surface area contributed by atoms with E-state index in [2.05, 4.69) is 0 Å². The smallest absolute Gasteiger partial charge is 0.306 e. The summed E-state index contributed by atoms with van der Waals surface area (Å²) < 4.78 is 28.1. The van der Waals surface area contributed by atoms with Gasteiger partial charge in [0, 0.05) is 12.4 Å². The van der Waals surface area contributed by atoms with E-state index in [0.717, 1.165) is 12.8 Å². The largest absolute Gasteiger partial charge is 0.481 e. The second kappa shape index (κ2) is 7.09. The van der Waals surface area contributed by atoms with Crippen LogP contribution >= 0.6 is 0 Å². The highest BCUT2D eigenvalue weighted by molar-refractivity contribution is 7.91. The van der Waals surface area contributed by atoms with Crippen LogP contribution in [0.15, 0.2) is 0 Å². The molecular weight excluding hydrogens is 256 g/mol. The number of rotatable bonds is 7. The zero-order chi connectivity index (χ0) is 13.6. The van der Waals surface area contributed by atoms with Crippen molar-refractivity contribution in [2.24, 2.45) is 5.92 Å². The van der Waals surface area contributed by atoms with Gasteiger partial charge >= 0.3 is 5.97 Å². The Bertz CT molecular complexity index is 355. The zero-order valence-electron chi connectivity index (χ0n) is 10.8. The normalized spacial score (nSPS) is 24.9. The monoisotopic (exact) mass is 278 g/mol. The molecule has 1 rings (SSSR count). The van der Waals surface area contributed by atoms with E-state index < -0.39 is 15.8 Å². The van der Waals surface area contributed by atoms with Crippen LogP contribution in [0.1, 0.15) is 39.0 Å². The van der Waals surface area contributed by atoms with Crippen molar-refractivity contribution in [1.82, 2.24) is 0 Å². The third kappa shape index (κ3) is 5.35. The third-order valence-corrected chi connectivity index (χ3v) is 5.21. The van der Waals surface area contributed by atoms with Gasteiger partial charge in [-0.05, 0) is 32.1 Å². The summed E-state index contributed by atoms with van der Waals surface area (Å²) in [6.07, 6.45) is 3.47. The fourth-order valence-electron chi connectivity index (χ4n) is 2.15. The molecule has 0 radical (unpaired) electrons. The first kappa shape index (κ1) is 15.4. The molecule has 0 aromatic rings. The van der Waals surface area contributed by atoms with Crippen molar-refractivity contribution in [1.29, 1.82) is 0 Å². The third-order valence-electron chi connectivity index (χ3n) is 3.42. The fourth-order valence-corrected chi connectivity index (χ4v) is 3.00. The van der Waals surface area contributed by atoms with Crippen LogP contribution in [0.2, 0.25) is 0 Å². The van der Waals surface area contributed by atoms with Gasteiger partial charge in [-0.2, -0.15) is 0 Å². The molecule has 0 heterocycles. The highest BCUT2D eigenvalue weighted by Crippen LogP contribution is 2.26. The van der Waals surface area contributed by atoms with Crippen LogP contribution in [0.25, 0.3) is 0 Å². The Morgan fingerprint density at radius 1 is 1.28 bits per heavy atom. The summed E-state index contributed by atoms with van der Waals surface area (Å²) in [5.74, 6) is -0.599. The van der Waals surface area contributed by atoms with E-state index in [1.807, 2.05) is 0 Å². The quantitative estimate of drug-likeness (QED) is 0.713. The van der Waals surface area contributed by atoms with Gasteiger partial charge in [0.25, 0.3) is 0 Å². The standard InChI is InChI=1S/C12H22O5S/c1-2-18(15,16)9-3-8-17-11-6-4-10(5-7-11)12(13)14/h10-11H,2-9H2,1H3,(H,13,14). The SMILES string of the molecule is CCS(=O)(=O)CCCOC1CCC(C(=O)O)CC1.